The Bertz CT molecular complexity index is 213. The van der Waals surface area contributed by atoms with Gasteiger partial charge in [0.15, 0.2) is 0 Å². The molecule has 3 nitrogen and oxygen atoms in total. The number of hydrogen-bond donors (Lipinski definition) is 2. The lowest BCUT2D eigenvalue weighted by Gasteiger charge is -2.32. The Morgan fingerprint density at radius 2 is 1.79 bits per heavy atom. The summed E-state index contributed by atoms with van der Waals surface area (Å²) in [7, 11) is 0. The summed E-state index contributed by atoms with van der Waals surface area (Å²) >= 11 is 0. The third-order valence-corrected chi connectivity index (χ3v) is 3.53. The highest BCUT2D eigenvalue weighted by atomic mass is 16.3. The Kier molecular flexibility index (Phi) is 3.06. The normalized spacial score (nSPS) is 33.5. The zero-order valence-electron chi connectivity index (χ0n) is 8.54. The van der Waals surface area contributed by atoms with Crippen LogP contribution in [0.4, 0.5) is 0 Å². The summed E-state index contributed by atoms with van der Waals surface area (Å²) in [5, 5.41) is 12.7. The van der Waals surface area contributed by atoms with Crippen molar-refractivity contribution in [3.8, 4) is 0 Å². The Balaban J connectivity index is 1.79. The molecule has 0 aromatic heterocycles. The van der Waals surface area contributed by atoms with E-state index in [4.69, 9.17) is 0 Å². The van der Waals surface area contributed by atoms with Gasteiger partial charge in [0, 0.05) is 5.92 Å². The number of nitrogens with one attached hydrogen (secondary N) is 1. The highest BCUT2D eigenvalue weighted by Crippen LogP contribution is 2.27. The van der Waals surface area contributed by atoms with Crippen LogP contribution in [0.3, 0.4) is 0 Å². The van der Waals surface area contributed by atoms with E-state index >= 15 is 0 Å². The molecule has 2 atom stereocenters. The van der Waals surface area contributed by atoms with Crippen molar-refractivity contribution in [1.29, 1.82) is 0 Å². The first kappa shape index (κ1) is 9.97. The molecule has 1 amide bonds. The topological polar surface area (TPSA) is 49.3 Å². The Labute approximate surface area is 84.9 Å². The van der Waals surface area contributed by atoms with E-state index in [1.807, 2.05) is 0 Å². The van der Waals surface area contributed by atoms with Crippen molar-refractivity contribution >= 4 is 5.91 Å². The summed E-state index contributed by atoms with van der Waals surface area (Å²) in [5.41, 5.74) is 0. The fourth-order valence-electron chi connectivity index (χ4n) is 2.25. The lowest BCUT2D eigenvalue weighted by atomic mass is 9.84. The maximum absolute atomic E-state index is 11.6. The van der Waals surface area contributed by atoms with Crippen molar-refractivity contribution in [2.24, 2.45) is 5.92 Å². The number of carbonyl (C=O) groups excluding carboxylic acids is 1. The average Bonchev–Trinajstić information content (AvgIpc) is 2.05. The molecular formula is C11H19NO2. The summed E-state index contributed by atoms with van der Waals surface area (Å²) in [5.74, 6) is 0.409. The molecule has 0 saturated heterocycles. The number of aliphatic hydroxyl groups excluding tert-OH is 1. The van der Waals surface area contributed by atoms with Gasteiger partial charge >= 0.3 is 0 Å². The number of aliphatic hydroxyl groups is 1. The van der Waals surface area contributed by atoms with Crippen LogP contribution in [0.1, 0.15) is 44.9 Å². The number of carbonyl (C=O) groups is 1. The van der Waals surface area contributed by atoms with Gasteiger partial charge in [0.1, 0.15) is 0 Å². The van der Waals surface area contributed by atoms with Gasteiger partial charge in [-0.15, -0.1) is 0 Å². The second kappa shape index (κ2) is 4.30. The highest BCUT2D eigenvalue weighted by Gasteiger charge is 2.30. The van der Waals surface area contributed by atoms with E-state index in [0.717, 1.165) is 38.5 Å². The van der Waals surface area contributed by atoms with Crippen LogP contribution in [0.5, 0.6) is 0 Å². The molecule has 2 saturated carbocycles. The molecule has 3 heteroatoms. The monoisotopic (exact) mass is 197 g/mol. The molecular weight excluding hydrogens is 178 g/mol. The summed E-state index contributed by atoms with van der Waals surface area (Å²) < 4.78 is 0. The summed E-state index contributed by atoms with van der Waals surface area (Å²) in [6, 6.07) is 0.0249. The smallest absolute Gasteiger partial charge is 0.223 e. The molecule has 0 unspecified atom stereocenters. The first-order chi connectivity index (χ1) is 6.77. The molecule has 0 aromatic carbocycles. The summed E-state index contributed by atoms with van der Waals surface area (Å²) in [6.07, 6.45) is 6.96. The predicted molar refractivity (Wildman–Crippen MR) is 53.7 cm³/mol. The van der Waals surface area contributed by atoms with E-state index in [0.29, 0.717) is 0 Å². The Hall–Kier alpha value is -0.570. The highest BCUT2D eigenvalue weighted by molar-refractivity contribution is 5.79. The minimum atomic E-state index is -0.312. The van der Waals surface area contributed by atoms with E-state index in [9.17, 15) is 9.90 Å². The first-order valence-electron chi connectivity index (χ1n) is 5.76. The number of hydrogen-bond acceptors (Lipinski definition) is 2. The van der Waals surface area contributed by atoms with E-state index in [-0.39, 0.29) is 24.0 Å². The van der Waals surface area contributed by atoms with Gasteiger partial charge in [0.2, 0.25) is 5.91 Å². The van der Waals surface area contributed by atoms with Crippen LogP contribution in [0.15, 0.2) is 0 Å². The number of amides is 1. The minimum absolute atomic E-state index is 0.0249. The maximum Gasteiger partial charge on any atom is 0.223 e. The van der Waals surface area contributed by atoms with Crippen LogP contribution in [-0.2, 0) is 4.79 Å². The quantitative estimate of drug-likeness (QED) is 0.699. The zero-order chi connectivity index (χ0) is 9.97. The van der Waals surface area contributed by atoms with E-state index in [2.05, 4.69) is 5.32 Å². The van der Waals surface area contributed by atoms with E-state index in [1.165, 1.54) is 6.42 Å². The third-order valence-electron chi connectivity index (χ3n) is 3.53. The lowest BCUT2D eigenvalue weighted by molar-refractivity contribution is -0.129. The van der Waals surface area contributed by atoms with E-state index in [1.54, 1.807) is 0 Å². The largest absolute Gasteiger partial charge is 0.391 e. The molecule has 2 fully saturated rings. The summed E-state index contributed by atoms with van der Waals surface area (Å²) in [4.78, 5) is 11.6. The van der Waals surface area contributed by atoms with Crippen LogP contribution in [0, 0.1) is 5.92 Å². The van der Waals surface area contributed by atoms with Gasteiger partial charge in [0.05, 0.1) is 12.1 Å². The SMILES string of the molecule is O=C(N[C@@H]1CCCC[C@H]1O)C1CCC1. The van der Waals surface area contributed by atoms with Gasteiger partial charge in [-0.1, -0.05) is 19.3 Å². The second-order valence-electron chi connectivity index (χ2n) is 4.59. The molecule has 0 heterocycles. The van der Waals surface area contributed by atoms with Crippen LogP contribution in [-0.4, -0.2) is 23.2 Å². The molecule has 2 rings (SSSR count). The average molecular weight is 197 g/mol. The molecule has 0 aromatic rings. The summed E-state index contributed by atoms with van der Waals surface area (Å²) in [6.45, 7) is 0. The van der Waals surface area contributed by atoms with Crippen LogP contribution >= 0.6 is 0 Å². The molecule has 0 spiro atoms. The van der Waals surface area contributed by atoms with Crippen molar-refractivity contribution in [3.63, 3.8) is 0 Å². The number of rotatable bonds is 2. The van der Waals surface area contributed by atoms with Gasteiger partial charge in [-0.2, -0.15) is 0 Å². The van der Waals surface area contributed by atoms with Crippen LogP contribution in [0.25, 0.3) is 0 Å². The molecule has 0 radical (unpaired) electrons. The molecule has 80 valence electrons. The molecule has 2 aliphatic rings. The van der Waals surface area contributed by atoms with Gasteiger partial charge in [-0.05, 0) is 25.7 Å². The van der Waals surface area contributed by atoms with Crippen molar-refractivity contribution in [2.75, 3.05) is 0 Å². The van der Waals surface area contributed by atoms with Gasteiger partial charge in [0.25, 0.3) is 0 Å². The maximum atomic E-state index is 11.6. The van der Waals surface area contributed by atoms with Gasteiger partial charge < -0.3 is 10.4 Å². The van der Waals surface area contributed by atoms with Crippen molar-refractivity contribution in [2.45, 2.75) is 57.1 Å². The van der Waals surface area contributed by atoms with Crippen molar-refractivity contribution < 1.29 is 9.90 Å². The molecule has 2 N–H and O–H groups in total. The Morgan fingerprint density at radius 1 is 1.07 bits per heavy atom. The second-order valence-corrected chi connectivity index (χ2v) is 4.59. The van der Waals surface area contributed by atoms with Crippen LogP contribution in [0.2, 0.25) is 0 Å². The molecule has 2 aliphatic carbocycles. The van der Waals surface area contributed by atoms with Crippen molar-refractivity contribution in [1.82, 2.24) is 5.32 Å². The standard InChI is InChI=1S/C11H19NO2/c13-10-7-2-1-6-9(10)12-11(14)8-4-3-5-8/h8-10,13H,1-7H2,(H,12,14)/t9-,10-/m1/s1. The third kappa shape index (κ3) is 2.08. The molecule has 0 bridgehead atoms. The fraction of sp³-hybridized carbons (Fsp3) is 0.909. The Morgan fingerprint density at radius 3 is 2.36 bits per heavy atom. The first-order valence-corrected chi connectivity index (χ1v) is 5.76. The van der Waals surface area contributed by atoms with Gasteiger partial charge in [-0.25, -0.2) is 0 Å². The van der Waals surface area contributed by atoms with Crippen LogP contribution < -0.4 is 5.32 Å². The molecule has 14 heavy (non-hydrogen) atoms. The predicted octanol–water partition coefficient (Wildman–Crippen LogP) is 1.21. The van der Waals surface area contributed by atoms with Gasteiger partial charge in [-0.3, -0.25) is 4.79 Å². The molecule has 0 aliphatic heterocycles. The fourth-order valence-corrected chi connectivity index (χ4v) is 2.25. The van der Waals surface area contributed by atoms with Crippen molar-refractivity contribution in [3.05, 3.63) is 0 Å². The lowest BCUT2D eigenvalue weighted by Crippen LogP contribution is -2.48. The van der Waals surface area contributed by atoms with E-state index < -0.39 is 0 Å². The minimum Gasteiger partial charge on any atom is -0.391 e. The zero-order valence-corrected chi connectivity index (χ0v) is 8.54.